The molecule has 0 atom stereocenters. The fourth-order valence-electron chi connectivity index (χ4n) is 1.64. The fourth-order valence-corrected chi connectivity index (χ4v) is 1.64. The molecule has 0 amide bonds. The molecule has 1 heterocycles. The van der Waals surface area contributed by atoms with Gasteiger partial charge in [0.25, 0.3) is 5.69 Å². The first kappa shape index (κ1) is 12.2. The van der Waals surface area contributed by atoms with Crippen molar-refractivity contribution < 1.29 is 4.92 Å². The number of aromatic nitrogens is 3. The van der Waals surface area contributed by atoms with Crippen molar-refractivity contribution in [2.75, 3.05) is 6.54 Å². The lowest BCUT2D eigenvalue weighted by Crippen LogP contribution is -2.02. The third-order valence-corrected chi connectivity index (χ3v) is 2.59. The van der Waals surface area contributed by atoms with Gasteiger partial charge in [0.1, 0.15) is 0 Å². The van der Waals surface area contributed by atoms with Gasteiger partial charge in [-0.05, 0) is 19.0 Å². The maximum absolute atomic E-state index is 10.7. The normalized spacial score (nSPS) is 10.6. The standard InChI is InChI=1S/C11H13N5O2/c1-8-2-3-10(16(17)18)6-11(8)15-7-9(4-5-12)13-14-15/h2-3,6-7H,4-5,12H2,1H3. The van der Waals surface area contributed by atoms with Crippen LogP contribution in [-0.2, 0) is 6.42 Å². The molecule has 0 aliphatic carbocycles. The molecule has 0 bridgehead atoms. The number of rotatable bonds is 4. The van der Waals surface area contributed by atoms with Crippen molar-refractivity contribution >= 4 is 5.69 Å². The van der Waals surface area contributed by atoms with Crippen molar-refractivity contribution in [1.29, 1.82) is 0 Å². The smallest absolute Gasteiger partial charge is 0.271 e. The lowest BCUT2D eigenvalue weighted by molar-refractivity contribution is -0.384. The summed E-state index contributed by atoms with van der Waals surface area (Å²) in [5, 5.41) is 18.7. The first-order valence-corrected chi connectivity index (χ1v) is 5.48. The van der Waals surface area contributed by atoms with E-state index in [0.29, 0.717) is 18.7 Å². The Morgan fingerprint density at radius 1 is 1.50 bits per heavy atom. The van der Waals surface area contributed by atoms with Crippen molar-refractivity contribution in [1.82, 2.24) is 15.0 Å². The zero-order valence-corrected chi connectivity index (χ0v) is 9.91. The largest absolute Gasteiger partial charge is 0.330 e. The lowest BCUT2D eigenvalue weighted by atomic mass is 10.2. The summed E-state index contributed by atoms with van der Waals surface area (Å²) in [5.74, 6) is 0. The second-order valence-corrected chi connectivity index (χ2v) is 3.92. The van der Waals surface area contributed by atoms with Crippen LogP contribution in [0.25, 0.3) is 5.69 Å². The molecule has 0 fully saturated rings. The van der Waals surface area contributed by atoms with E-state index < -0.39 is 4.92 Å². The maximum atomic E-state index is 10.7. The Bertz CT molecular complexity index is 579. The van der Waals surface area contributed by atoms with Crippen molar-refractivity contribution in [3.8, 4) is 5.69 Å². The van der Waals surface area contributed by atoms with E-state index in [9.17, 15) is 10.1 Å². The van der Waals surface area contributed by atoms with Crippen molar-refractivity contribution in [2.45, 2.75) is 13.3 Å². The summed E-state index contributed by atoms with van der Waals surface area (Å²) in [7, 11) is 0. The van der Waals surface area contributed by atoms with Crippen LogP contribution in [0.3, 0.4) is 0 Å². The highest BCUT2D eigenvalue weighted by atomic mass is 16.6. The van der Waals surface area contributed by atoms with Gasteiger partial charge in [0.15, 0.2) is 0 Å². The van der Waals surface area contributed by atoms with Crippen molar-refractivity contribution in [2.24, 2.45) is 5.73 Å². The predicted octanol–water partition coefficient (Wildman–Crippen LogP) is 0.985. The maximum Gasteiger partial charge on any atom is 0.271 e. The third-order valence-electron chi connectivity index (χ3n) is 2.59. The predicted molar refractivity (Wildman–Crippen MR) is 65.5 cm³/mol. The minimum absolute atomic E-state index is 0.0338. The van der Waals surface area contributed by atoms with Crippen LogP contribution in [0, 0.1) is 17.0 Å². The zero-order valence-electron chi connectivity index (χ0n) is 9.91. The molecule has 0 aliphatic heterocycles. The van der Waals surface area contributed by atoms with Crippen LogP contribution in [0.4, 0.5) is 5.69 Å². The van der Waals surface area contributed by atoms with E-state index in [-0.39, 0.29) is 5.69 Å². The quantitative estimate of drug-likeness (QED) is 0.641. The Morgan fingerprint density at radius 3 is 2.94 bits per heavy atom. The summed E-state index contributed by atoms with van der Waals surface area (Å²) >= 11 is 0. The van der Waals surface area contributed by atoms with Gasteiger partial charge < -0.3 is 5.73 Å². The number of nitrogens with two attached hydrogens (primary N) is 1. The van der Waals surface area contributed by atoms with Gasteiger partial charge in [-0.2, -0.15) is 0 Å². The Hall–Kier alpha value is -2.28. The number of nitro groups is 1. The number of benzene rings is 1. The Balaban J connectivity index is 2.41. The van der Waals surface area contributed by atoms with Gasteiger partial charge in [0.2, 0.25) is 0 Å². The van der Waals surface area contributed by atoms with Gasteiger partial charge in [-0.3, -0.25) is 10.1 Å². The second kappa shape index (κ2) is 4.92. The number of nitro benzene ring substituents is 1. The van der Waals surface area contributed by atoms with E-state index in [1.54, 1.807) is 12.3 Å². The summed E-state index contributed by atoms with van der Waals surface area (Å²) in [6, 6.07) is 4.64. The van der Waals surface area contributed by atoms with Crippen LogP contribution in [0.5, 0.6) is 0 Å². The van der Waals surface area contributed by atoms with Crippen LogP contribution in [0.2, 0.25) is 0 Å². The molecule has 2 rings (SSSR count). The van der Waals surface area contributed by atoms with E-state index in [4.69, 9.17) is 5.73 Å². The van der Waals surface area contributed by atoms with E-state index in [0.717, 1.165) is 11.3 Å². The van der Waals surface area contributed by atoms with Gasteiger partial charge in [-0.15, -0.1) is 5.10 Å². The second-order valence-electron chi connectivity index (χ2n) is 3.92. The van der Waals surface area contributed by atoms with E-state index in [1.165, 1.54) is 16.8 Å². The number of non-ortho nitro benzene ring substituents is 1. The Morgan fingerprint density at radius 2 is 2.28 bits per heavy atom. The monoisotopic (exact) mass is 247 g/mol. The molecule has 2 N–H and O–H groups in total. The van der Waals surface area contributed by atoms with Gasteiger partial charge in [-0.1, -0.05) is 11.3 Å². The molecule has 0 saturated heterocycles. The van der Waals surface area contributed by atoms with Gasteiger partial charge in [0, 0.05) is 18.6 Å². The molecule has 0 saturated carbocycles. The van der Waals surface area contributed by atoms with Crippen LogP contribution >= 0.6 is 0 Å². The Kier molecular flexibility index (Phi) is 3.33. The molecule has 0 radical (unpaired) electrons. The summed E-state index contributed by atoms with van der Waals surface area (Å²) in [6.45, 7) is 2.36. The van der Waals surface area contributed by atoms with Crippen LogP contribution in [0.15, 0.2) is 24.4 Å². The molecule has 0 unspecified atom stereocenters. The average Bonchev–Trinajstić information content (AvgIpc) is 2.78. The molecule has 94 valence electrons. The first-order valence-electron chi connectivity index (χ1n) is 5.48. The van der Waals surface area contributed by atoms with E-state index >= 15 is 0 Å². The summed E-state index contributed by atoms with van der Waals surface area (Å²) in [6.07, 6.45) is 2.37. The number of hydrogen-bond donors (Lipinski definition) is 1. The minimum Gasteiger partial charge on any atom is -0.330 e. The van der Waals surface area contributed by atoms with Crippen LogP contribution in [-0.4, -0.2) is 26.5 Å². The highest BCUT2D eigenvalue weighted by Gasteiger charge is 2.11. The van der Waals surface area contributed by atoms with Crippen LogP contribution in [0.1, 0.15) is 11.3 Å². The topological polar surface area (TPSA) is 99.9 Å². The van der Waals surface area contributed by atoms with Crippen LogP contribution < -0.4 is 5.73 Å². The average molecular weight is 247 g/mol. The molecular weight excluding hydrogens is 234 g/mol. The fraction of sp³-hybridized carbons (Fsp3) is 0.273. The molecule has 1 aromatic carbocycles. The minimum atomic E-state index is -0.430. The van der Waals surface area contributed by atoms with Crippen molar-refractivity contribution in [3.63, 3.8) is 0 Å². The van der Waals surface area contributed by atoms with Gasteiger partial charge in [0.05, 0.1) is 22.5 Å². The molecule has 0 spiro atoms. The number of hydrogen-bond acceptors (Lipinski definition) is 5. The molecule has 1 aromatic heterocycles. The number of nitrogens with zero attached hydrogens (tertiary/aromatic N) is 4. The summed E-state index contributed by atoms with van der Waals surface area (Å²) in [5.41, 5.74) is 7.78. The van der Waals surface area contributed by atoms with Gasteiger partial charge in [-0.25, -0.2) is 4.68 Å². The molecule has 18 heavy (non-hydrogen) atoms. The molecule has 0 aliphatic rings. The highest BCUT2D eigenvalue weighted by molar-refractivity contribution is 5.48. The van der Waals surface area contributed by atoms with Gasteiger partial charge >= 0.3 is 0 Å². The highest BCUT2D eigenvalue weighted by Crippen LogP contribution is 2.20. The lowest BCUT2D eigenvalue weighted by Gasteiger charge is -2.04. The molecule has 7 nitrogen and oxygen atoms in total. The third kappa shape index (κ3) is 2.35. The Labute approximate surface area is 103 Å². The van der Waals surface area contributed by atoms with E-state index in [2.05, 4.69) is 10.3 Å². The van der Waals surface area contributed by atoms with E-state index in [1.807, 2.05) is 6.92 Å². The molecular formula is C11H13N5O2. The number of aryl methyl sites for hydroxylation is 1. The molecule has 7 heteroatoms. The van der Waals surface area contributed by atoms with Crippen molar-refractivity contribution in [3.05, 3.63) is 45.8 Å². The molecule has 2 aromatic rings. The zero-order chi connectivity index (χ0) is 13.1. The summed E-state index contributed by atoms with van der Waals surface area (Å²) in [4.78, 5) is 10.3. The summed E-state index contributed by atoms with van der Waals surface area (Å²) < 4.78 is 1.54. The first-order chi connectivity index (χ1) is 8.61. The SMILES string of the molecule is Cc1ccc([N+](=O)[O-])cc1-n1cc(CCN)nn1.